The Balaban J connectivity index is 1.51. The summed E-state index contributed by atoms with van der Waals surface area (Å²) in [6.07, 6.45) is 1.16. The molecular weight excluding hydrogens is 444 g/mol. The Morgan fingerprint density at radius 2 is 1.97 bits per heavy atom. The average molecular weight is 467 g/mol. The van der Waals surface area contributed by atoms with Crippen molar-refractivity contribution in [2.75, 3.05) is 30.4 Å². The van der Waals surface area contributed by atoms with Crippen molar-refractivity contribution in [3.63, 3.8) is 0 Å². The number of hydrogen-bond acceptors (Lipinski definition) is 9. The fourth-order valence-electron chi connectivity index (χ4n) is 4.01. The van der Waals surface area contributed by atoms with Crippen LogP contribution in [0.5, 0.6) is 5.75 Å². The summed E-state index contributed by atoms with van der Waals surface area (Å²) >= 11 is 6.27. The molecule has 0 saturated carbocycles. The third-order valence-corrected chi connectivity index (χ3v) is 6.10. The first-order valence-corrected chi connectivity index (χ1v) is 11.0. The quantitative estimate of drug-likeness (QED) is 0.393. The Morgan fingerprint density at radius 3 is 2.70 bits per heavy atom. The zero-order chi connectivity index (χ0) is 22.8. The van der Waals surface area contributed by atoms with Gasteiger partial charge in [-0.05, 0) is 47.9 Å². The number of aromatic nitrogens is 6. The molecule has 10 nitrogen and oxygen atoms in total. The van der Waals surface area contributed by atoms with E-state index in [9.17, 15) is 5.11 Å². The molecule has 33 heavy (non-hydrogen) atoms. The summed E-state index contributed by atoms with van der Waals surface area (Å²) in [4.78, 5) is 2.17. The topological polar surface area (TPSA) is 125 Å². The second kappa shape index (κ2) is 9.16. The van der Waals surface area contributed by atoms with Gasteiger partial charge in [-0.3, -0.25) is 0 Å². The van der Waals surface area contributed by atoms with Gasteiger partial charge in [0, 0.05) is 36.0 Å². The lowest BCUT2D eigenvalue weighted by Crippen LogP contribution is -2.36. The van der Waals surface area contributed by atoms with Crippen LogP contribution in [0.25, 0.3) is 22.2 Å². The molecule has 0 unspecified atom stereocenters. The largest absolute Gasteiger partial charge is 0.495 e. The third kappa shape index (κ3) is 4.39. The highest BCUT2D eigenvalue weighted by Gasteiger charge is 2.22. The number of fused-ring (bicyclic) bond motifs is 1. The molecule has 11 heteroatoms. The second-order valence-electron chi connectivity index (χ2n) is 7.91. The van der Waals surface area contributed by atoms with Gasteiger partial charge in [0.1, 0.15) is 5.75 Å². The molecule has 0 bridgehead atoms. The van der Waals surface area contributed by atoms with Crippen LogP contribution in [0.1, 0.15) is 18.4 Å². The highest BCUT2D eigenvalue weighted by Crippen LogP contribution is 2.33. The molecule has 0 spiro atoms. The number of hydrogen-bond donors (Lipinski definition) is 3. The number of ether oxygens (including phenoxy) is 1. The molecule has 1 aliphatic rings. The normalized spacial score (nSPS) is 14.6. The molecule has 1 saturated heterocycles. The van der Waals surface area contributed by atoms with E-state index < -0.39 is 0 Å². The van der Waals surface area contributed by atoms with Crippen LogP contribution in [0.3, 0.4) is 0 Å². The molecule has 0 aliphatic carbocycles. The van der Waals surface area contributed by atoms with Gasteiger partial charge in [-0.1, -0.05) is 23.7 Å². The van der Waals surface area contributed by atoms with Crippen molar-refractivity contribution in [2.24, 2.45) is 0 Å². The zero-order valence-electron chi connectivity index (χ0n) is 18.0. The fraction of sp³-hybridized carbons (Fsp3) is 0.318. The van der Waals surface area contributed by atoms with E-state index in [-0.39, 0.29) is 6.10 Å². The average Bonchev–Trinajstić information content (AvgIpc) is 3.38. The first-order chi connectivity index (χ1) is 16.1. The number of piperidine rings is 1. The molecule has 1 aliphatic heterocycles. The fourth-order valence-corrected chi connectivity index (χ4v) is 4.29. The first kappa shape index (κ1) is 21.4. The Hall–Kier alpha value is -3.50. The van der Waals surface area contributed by atoms with Gasteiger partial charge in [-0.25, -0.2) is 0 Å². The van der Waals surface area contributed by atoms with E-state index in [2.05, 4.69) is 41.0 Å². The maximum absolute atomic E-state index is 9.89. The van der Waals surface area contributed by atoms with Gasteiger partial charge in [0.2, 0.25) is 5.82 Å². The minimum absolute atomic E-state index is 0.262. The molecule has 3 heterocycles. The monoisotopic (exact) mass is 466 g/mol. The highest BCUT2D eigenvalue weighted by atomic mass is 35.5. The molecule has 2 aromatic carbocycles. The minimum Gasteiger partial charge on any atom is -0.495 e. The van der Waals surface area contributed by atoms with E-state index in [1.165, 1.54) is 0 Å². The molecule has 1 fully saturated rings. The molecule has 2 aromatic heterocycles. The number of benzene rings is 2. The van der Waals surface area contributed by atoms with E-state index in [0.717, 1.165) is 40.8 Å². The Labute approximate surface area is 194 Å². The van der Waals surface area contributed by atoms with Crippen molar-refractivity contribution in [1.82, 2.24) is 30.8 Å². The molecular formula is C22H23ClN8O2. The van der Waals surface area contributed by atoms with Crippen LogP contribution in [0.15, 0.2) is 36.4 Å². The van der Waals surface area contributed by atoms with E-state index in [0.29, 0.717) is 41.8 Å². The van der Waals surface area contributed by atoms with E-state index in [1.54, 1.807) is 7.11 Å². The standard InChI is InChI=1S/C22H23ClN8O2/c1-33-19-5-2-13(10-18(19)23)12-24-21-17-11-14(20-26-29-30-27-20)3-4-16(17)22(28-25-21)31-8-6-15(32)7-9-31/h2-5,10-11,15,32H,6-9,12H2,1H3,(H,24,25)(H,26,27,29,30). The van der Waals surface area contributed by atoms with Crippen molar-refractivity contribution >= 4 is 34.0 Å². The lowest BCUT2D eigenvalue weighted by Gasteiger charge is -2.31. The van der Waals surface area contributed by atoms with Gasteiger partial charge in [-0.15, -0.1) is 20.4 Å². The molecule has 0 amide bonds. The number of aliphatic hydroxyl groups is 1. The van der Waals surface area contributed by atoms with Crippen molar-refractivity contribution < 1.29 is 9.84 Å². The summed E-state index contributed by atoms with van der Waals surface area (Å²) in [6.45, 7) is 1.97. The van der Waals surface area contributed by atoms with Crippen molar-refractivity contribution in [2.45, 2.75) is 25.5 Å². The number of aromatic amines is 1. The molecule has 170 valence electrons. The summed E-state index contributed by atoms with van der Waals surface area (Å²) in [5.74, 6) is 2.58. The number of rotatable bonds is 6. The number of anilines is 2. The van der Waals surface area contributed by atoms with Crippen LogP contribution in [0, 0.1) is 0 Å². The number of nitrogens with zero attached hydrogens (tertiary/aromatic N) is 6. The highest BCUT2D eigenvalue weighted by molar-refractivity contribution is 6.32. The molecule has 0 atom stereocenters. The second-order valence-corrected chi connectivity index (χ2v) is 8.32. The van der Waals surface area contributed by atoms with Crippen LogP contribution in [-0.4, -0.2) is 62.2 Å². The molecule has 3 N–H and O–H groups in total. The van der Waals surface area contributed by atoms with Gasteiger partial charge in [0.05, 0.1) is 18.2 Å². The third-order valence-electron chi connectivity index (χ3n) is 5.80. The minimum atomic E-state index is -0.262. The SMILES string of the molecule is COc1ccc(CNc2nnc(N3CCC(O)CC3)c3ccc(-c4nn[nH]n4)cc23)cc1Cl. The van der Waals surface area contributed by atoms with Crippen LogP contribution in [0.4, 0.5) is 11.6 Å². The lowest BCUT2D eigenvalue weighted by atomic mass is 10.0. The summed E-state index contributed by atoms with van der Waals surface area (Å²) < 4.78 is 5.23. The number of tetrazole rings is 1. The predicted octanol–water partition coefficient (Wildman–Crippen LogP) is 3.05. The number of methoxy groups -OCH3 is 1. The maximum Gasteiger partial charge on any atom is 0.204 e. The predicted molar refractivity (Wildman–Crippen MR) is 125 cm³/mol. The van der Waals surface area contributed by atoms with E-state index >= 15 is 0 Å². The van der Waals surface area contributed by atoms with Crippen molar-refractivity contribution in [1.29, 1.82) is 0 Å². The number of aliphatic hydroxyl groups excluding tert-OH is 1. The first-order valence-electron chi connectivity index (χ1n) is 10.7. The maximum atomic E-state index is 9.89. The Bertz CT molecular complexity index is 1260. The van der Waals surface area contributed by atoms with Gasteiger partial charge in [-0.2, -0.15) is 5.21 Å². The van der Waals surface area contributed by atoms with E-state index in [4.69, 9.17) is 16.3 Å². The summed E-state index contributed by atoms with van der Waals surface area (Å²) in [6, 6.07) is 11.6. The number of H-pyrrole nitrogens is 1. The molecule has 5 rings (SSSR count). The van der Waals surface area contributed by atoms with Gasteiger partial charge < -0.3 is 20.1 Å². The van der Waals surface area contributed by atoms with Gasteiger partial charge in [0.25, 0.3) is 0 Å². The molecule has 4 aromatic rings. The summed E-state index contributed by atoms with van der Waals surface area (Å²) in [7, 11) is 1.59. The Morgan fingerprint density at radius 1 is 1.12 bits per heavy atom. The number of nitrogens with one attached hydrogen (secondary N) is 2. The van der Waals surface area contributed by atoms with Crippen LogP contribution >= 0.6 is 11.6 Å². The summed E-state index contributed by atoms with van der Waals surface area (Å²) in [5, 5.41) is 39.1. The van der Waals surface area contributed by atoms with Crippen LogP contribution in [-0.2, 0) is 6.54 Å². The van der Waals surface area contributed by atoms with Crippen molar-refractivity contribution in [3.05, 3.63) is 47.0 Å². The lowest BCUT2D eigenvalue weighted by molar-refractivity contribution is 0.145. The van der Waals surface area contributed by atoms with E-state index in [1.807, 2.05) is 36.4 Å². The van der Waals surface area contributed by atoms with Gasteiger partial charge in [0.15, 0.2) is 11.6 Å². The van der Waals surface area contributed by atoms with Gasteiger partial charge >= 0.3 is 0 Å². The molecule has 0 radical (unpaired) electrons. The number of halogens is 1. The van der Waals surface area contributed by atoms with Crippen molar-refractivity contribution in [3.8, 4) is 17.1 Å². The Kier molecular flexibility index (Phi) is 5.93. The smallest absolute Gasteiger partial charge is 0.204 e. The van der Waals surface area contributed by atoms with Crippen LogP contribution in [0.2, 0.25) is 5.02 Å². The van der Waals surface area contributed by atoms with Crippen LogP contribution < -0.4 is 15.0 Å². The zero-order valence-corrected chi connectivity index (χ0v) is 18.7. The summed E-state index contributed by atoms with van der Waals surface area (Å²) in [5.41, 5.74) is 1.80.